The van der Waals surface area contributed by atoms with Crippen molar-refractivity contribution in [3.8, 4) is 0 Å². The van der Waals surface area contributed by atoms with Crippen LogP contribution in [0, 0.1) is 5.92 Å². The number of nitrogens with zero attached hydrogens (tertiary/aromatic N) is 2. The van der Waals surface area contributed by atoms with Gasteiger partial charge in [0.2, 0.25) is 5.91 Å². The molecule has 2 atom stereocenters. The Bertz CT molecular complexity index is 266. The zero-order valence-corrected chi connectivity index (χ0v) is 12.9. The van der Waals surface area contributed by atoms with Crippen molar-refractivity contribution in [1.29, 1.82) is 0 Å². The van der Waals surface area contributed by atoms with Gasteiger partial charge in [-0.15, -0.1) is 0 Å². The van der Waals surface area contributed by atoms with Crippen LogP contribution in [0.5, 0.6) is 0 Å². The topological polar surface area (TPSA) is 49.6 Å². The Hall–Kier alpha value is -0.610. The minimum absolute atomic E-state index is 0.291. The molecule has 2 N–H and O–H groups in total. The quantitative estimate of drug-likeness (QED) is 0.765. The monoisotopic (exact) mass is 269 g/mol. The lowest BCUT2D eigenvalue weighted by Gasteiger charge is -2.39. The first-order valence-electron chi connectivity index (χ1n) is 7.85. The molecule has 1 fully saturated rings. The van der Waals surface area contributed by atoms with Gasteiger partial charge in [0.25, 0.3) is 0 Å². The van der Waals surface area contributed by atoms with E-state index in [0.717, 1.165) is 39.1 Å². The Balaban J connectivity index is 2.33. The van der Waals surface area contributed by atoms with E-state index in [1.807, 2.05) is 18.7 Å². The fraction of sp³-hybridized carbons (Fsp3) is 0.933. The Labute approximate surface area is 118 Å². The highest BCUT2D eigenvalue weighted by atomic mass is 16.2. The number of carbonyl (C=O) groups is 1. The van der Waals surface area contributed by atoms with Crippen molar-refractivity contribution >= 4 is 5.91 Å². The number of rotatable bonds is 7. The van der Waals surface area contributed by atoms with E-state index in [4.69, 9.17) is 5.73 Å². The third-order valence-corrected chi connectivity index (χ3v) is 4.42. The number of hydrogen-bond acceptors (Lipinski definition) is 3. The summed E-state index contributed by atoms with van der Waals surface area (Å²) in [4.78, 5) is 16.4. The third-order valence-electron chi connectivity index (χ3n) is 4.42. The summed E-state index contributed by atoms with van der Waals surface area (Å²) in [5, 5.41) is 0. The van der Waals surface area contributed by atoms with Crippen molar-refractivity contribution < 1.29 is 4.79 Å². The number of amides is 1. The van der Waals surface area contributed by atoms with E-state index < -0.39 is 0 Å². The maximum absolute atomic E-state index is 11.9. The average Bonchev–Trinajstić information content (AvgIpc) is 2.40. The highest BCUT2D eigenvalue weighted by Crippen LogP contribution is 2.22. The molecule has 4 heteroatoms. The van der Waals surface area contributed by atoms with Gasteiger partial charge in [0.1, 0.15) is 0 Å². The molecular weight excluding hydrogens is 238 g/mol. The molecule has 0 aliphatic carbocycles. The summed E-state index contributed by atoms with van der Waals surface area (Å²) in [7, 11) is 0. The molecule has 1 aliphatic rings. The number of nitrogens with two attached hydrogens (primary N) is 1. The molecule has 0 aromatic carbocycles. The largest absolute Gasteiger partial charge is 0.343 e. The van der Waals surface area contributed by atoms with E-state index in [0.29, 0.717) is 24.3 Å². The third kappa shape index (κ3) is 4.77. The zero-order valence-electron chi connectivity index (χ0n) is 12.9. The first kappa shape index (κ1) is 16.4. The van der Waals surface area contributed by atoms with Gasteiger partial charge >= 0.3 is 0 Å². The van der Waals surface area contributed by atoms with Gasteiger partial charge < -0.3 is 10.6 Å². The van der Waals surface area contributed by atoms with Gasteiger partial charge in [-0.3, -0.25) is 9.69 Å². The highest BCUT2D eigenvalue weighted by molar-refractivity contribution is 5.76. The van der Waals surface area contributed by atoms with Gasteiger partial charge in [-0.1, -0.05) is 6.92 Å². The smallest absolute Gasteiger partial charge is 0.222 e. The second kappa shape index (κ2) is 8.54. The Morgan fingerprint density at radius 1 is 1.37 bits per heavy atom. The minimum Gasteiger partial charge on any atom is -0.343 e. The fourth-order valence-electron chi connectivity index (χ4n) is 3.16. The SMILES string of the molecule is CCN(CC)C(=O)CCCN1CCCC(C)C1CN. The maximum atomic E-state index is 11.9. The molecule has 4 nitrogen and oxygen atoms in total. The Kier molecular flexibility index (Phi) is 7.39. The van der Waals surface area contributed by atoms with Crippen molar-refractivity contribution in [3.63, 3.8) is 0 Å². The molecule has 1 rings (SSSR count). The van der Waals surface area contributed by atoms with Gasteiger partial charge in [-0.05, 0) is 52.1 Å². The molecule has 1 heterocycles. The first-order chi connectivity index (χ1) is 9.13. The highest BCUT2D eigenvalue weighted by Gasteiger charge is 2.26. The van der Waals surface area contributed by atoms with Crippen molar-refractivity contribution in [2.45, 2.75) is 52.5 Å². The predicted octanol–water partition coefficient (Wildman–Crippen LogP) is 1.69. The maximum Gasteiger partial charge on any atom is 0.222 e. The van der Waals surface area contributed by atoms with Crippen LogP contribution >= 0.6 is 0 Å². The summed E-state index contributed by atoms with van der Waals surface area (Å²) in [5.41, 5.74) is 5.89. The van der Waals surface area contributed by atoms with Gasteiger partial charge in [-0.2, -0.15) is 0 Å². The van der Waals surface area contributed by atoms with E-state index in [1.54, 1.807) is 0 Å². The molecular formula is C15H31N3O. The number of carbonyl (C=O) groups excluding carboxylic acids is 1. The summed E-state index contributed by atoms with van der Waals surface area (Å²) in [6, 6.07) is 0.511. The molecule has 0 saturated carbocycles. The fourth-order valence-corrected chi connectivity index (χ4v) is 3.16. The Morgan fingerprint density at radius 3 is 2.63 bits per heavy atom. The summed E-state index contributed by atoms with van der Waals surface area (Å²) in [6.45, 7) is 10.9. The summed E-state index contributed by atoms with van der Waals surface area (Å²) >= 11 is 0. The first-order valence-corrected chi connectivity index (χ1v) is 7.85. The molecule has 0 spiro atoms. The minimum atomic E-state index is 0.291. The molecule has 0 aromatic heterocycles. The number of likely N-dealkylation sites (tertiary alicyclic amines) is 1. The van der Waals surface area contributed by atoms with Crippen LogP contribution in [0.1, 0.15) is 46.5 Å². The van der Waals surface area contributed by atoms with E-state index in [1.165, 1.54) is 12.8 Å². The lowest BCUT2D eigenvalue weighted by atomic mass is 9.90. The van der Waals surface area contributed by atoms with Crippen LogP contribution in [0.4, 0.5) is 0 Å². The summed E-state index contributed by atoms with van der Waals surface area (Å²) in [5.74, 6) is 0.983. The van der Waals surface area contributed by atoms with Crippen LogP contribution in [0.2, 0.25) is 0 Å². The van der Waals surface area contributed by atoms with Crippen LogP contribution < -0.4 is 5.73 Å². The second-order valence-electron chi connectivity index (χ2n) is 5.63. The molecule has 112 valence electrons. The number of piperidine rings is 1. The molecule has 0 bridgehead atoms. The predicted molar refractivity (Wildman–Crippen MR) is 80.0 cm³/mol. The van der Waals surface area contributed by atoms with Gasteiger partial charge in [0.05, 0.1) is 0 Å². The van der Waals surface area contributed by atoms with Crippen molar-refractivity contribution in [2.24, 2.45) is 11.7 Å². The average molecular weight is 269 g/mol. The second-order valence-corrected chi connectivity index (χ2v) is 5.63. The van der Waals surface area contributed by atoms with Crippen LogP contribution in [0.25, 0.3) is 0 Å². The lowest BCUT2D eigenvalue weighted by molar-refractivity contribution is -0.131. The van der Waals surface area contributed by atoms with Crippen LogP contribution in [0.3, 0.4) is 0 Å². The van der Waals surface area contributed by atoms with Gasteiger partial charge in [0, 0.05) is 32.1 Å². The van der Waals surface area contributed by atoms with E-state index >= 15 is 0 Å². The standard InChI is InChI=1S/C15H31N3O/c1-4-17(5-2)15(19)9-7-11-18-10-6-8-13(3)14(18)12-16/h13-14H,4-12,16H2,1-3H3. The van der Waals surface area contributed by atoms with Crippen LogP contribution in [-0.4, -0.2) is 54.5 Å². The molecule has 0 radical (unpaired) electrons. The zero-order chi connectivity index (χ0) is 14.3. The van der Waals surface area contributed by atoms with E-state index in [9.17, 15) is 4.79 Å². The molecule has 1 aliphatic heterocycles. The summed E-state index contributed by atoms with van der Waals surface area (Å²) < 4.78 is 0. The van der Waals surface area contributed by atoms with Gasteiger partial charge in [0.15, 0.2) is 0 Å². The van der Waals surface area contributed by atoms with E-state index in [-0.39, 0.29) is 0 Å². The normalized spacial score (nSPS) is 24.4. The lowest BCUT2D eigenvalue weighted by Crippen LogP contribution is -2.49. The molecule has 1 amide bonds. The van der Waals surface area contributed by atoms with Crippen molar-refractivity contribution in [2.75, 3.05) is 32.7 Å². The molecule has 2 unspecified atom stereocenters. The Morgan fingerprint density at radius 2 is 2.05 bits per heavy atom. The molecule has 19 heavy (non-hydrogen) atoms. The van der Waals surface area contributed by atoms with Crippen molar-refractivity contribution in [1.82, 2.24) is 9.80 Å². The van der Waals surface area contributed by atoms with Crippen molar-refractivity contribution in [3.05, 3.63) is 0 Å². The molecule has 1 saturated heterocycles. The number of hydrogen-bond donors (Lipinski definition) is 1. The van der Waals surface area contributed by atoms with Crippen LogP contribution in [0.15, 0.2) is 0 Å². The van der Waals surface area contributed by atoms with Crippen LogP contribution in [-0.2, 0) is 4.79 Å². The summed E-state index contributed by atoms with van der Waals surface area (Å²) in [6.07, 6.45) is 4.18. The van der Waals surface area contributed by atoms with Gasteiger partial charge in [-0.25, -0.2) is 0 Å². The van der Waals surface area contributed by atoms with E-state index in [2.05, 4.69) is 11.8 Å². The molecule has 0 aromatic rings.